The van der Waals surface area contributed by atoms with Crippen molar-refractivity contribution in [2.75, 3.05) is 42.4 Å². The summed E-state index contributed by atoms with van der Waals surface area (Å²) in [6, 6.07) is 19.3. The van der Waals surface area contributed by atoms with Gasteiger partial charge < -0.3 is 9.80 Å². The number of alkyl halides is 1. The van der Waals surface area contributed by atoms with Gasteiger partial charge in [0, 0.05) is 50.2 Å². The van der Waals surface area contributed by atoms with Crippen LogP contribution in [0.25, 0.3) is 24.3 Å². The highest BCUT2D eigenvalue weighted by atomic mass is 127. The van der Waals surface area contributed by atoms with Crippen molar-refractivity contribution in [2.24, 2.45) is 0 Å². The lowest BCUT2D eigenvalue weighted by molar-refractivity contribution is 1.11. The van der Waals surface area contributed by atoms with Gasteiger partial charge in [-0.2, -0.15) is 0 Å². The van der Waals surface area contributed by atoms with Crippen LogP contribution in [0.5, 0.6) is 0 Å². The van der Waals surface area contributed by atoms with Gasteiger partial charge in [-0.05, 0) is 65.1 Å². The number of hydrogen-bond donors (Lipinski definition) is 0. The molecule has 0 saturated heterocycles. The Labute approximate surface area is 200 Å². The number of halogens is 1. The maximum atomic E-state index is 4.67. The molecule has 0 aliphatic carbocycles. The van der Waals surface area contributed by atoms with E-state index in [-0.39, 0.29) is 0 Å². The van der Waals surface area contributed by atoms with Gasteiger partial charge in [0.15, 0.2) is 0 Å². The first kappa shape index (κ1) is 23.1. The monoisotopic (exact) mass is 523 g/mol. The fourth-order valence-corrected chi connectivity index (χ4v) is 3.86. The molecule has 3 nitrogen and oxygen atoms in total. The zero-order chi connectivity index (χ0) is 22.2. The number of hydrogen-bond acceptors (Lipinski definition) is 3. The molecular formula is C27H30IN3. The van der Waals surface area contributed by atoms with Crippen LogP contribution in [0.3, 0.4) is 0 Å². The van der Waals surface area contributed by atoms with Crippen molar-refractivity contribution >= 4 is 58.3 Å². The zero-order valence-electron chi connectivity index (χ0n) is 18.7. The third kappa shape index (κ3) is 6.44. The van der Waals surface area contributed by atoms with Crippen LogP contribution >= 0.6 is 22.6 Å². The molecule has 0 atom stereocenters. The Hall–Kier alpha value is -2.60. The highest BCUT2D eigenvalue weighted by Gasteiger charge is 2.06. The maximum Gasteiger partial charge on any atom is 0.0668 e. The van der Waals surface area contributed by atoms with Crippen LogP contribution in [-0.2, 0) is 6.42 Å². The second-order valence-electron chi connectivity index (χ2n) is 7.84. The van der Waals surface area contributed by atoms with Gasteiger partial charge in [-0.3, -0.25) is 4.98 Å². The van der Waals surface area contributed by atoms with Crippen molar-refractivity contribution in [3.63, 3.8) is 0 Å². The smallest absolute Gasteiger partial charge is 0.0668 e. The number of aromatic nitrogens is 1. The summed E-state index contributed by atoms with van der Waals surface area (Å²) in [6.45, 7) is 0. The minimum absolute atomic E-state index is 0.993. The fraction of sp³-hybridized carbons (Fsp3) is 0.222. The normalized spacial score (nSPS) is 11.4. The first-order valence-corrected chi connectivity index (χ1v) is 12.0. The first-order chi connectivity index (χ1) is 15.0. The molecule has 2 aromatic carbocycles. The highest BCUT2D eigenvalue weighted by molar-refractivity contribution is 14.1. The van der Waals surface area contributed by atoms with Crippen LogP contribution < -0.4 is 9.80 Å². The molecule has 4 heteroatoms. The van der Waals surface area contributed by atoms with E-state index in [0.29, 0.717) is 0 Å². The van der Waals surface area contributed by atoms with Gasteiger partial charge in [-0.15, -0.1) is 0 Å². The largest absolute Gasteiger partial charge is 0.378 e. The van der Waals surface area contributed by atoms with Gasteiger partial charge >= 0.3 is 0 Å². The quantitative estimate of drug-likeness (QED) is 0.247. The average molecular weight is 523 g/mol. The van der Waals surface area contributed by atoms with E-state index in [4.69, 9.17) is 0 Å². The van der Waals surface area contributed by atoms with E-state index in [2.05, 4.69) is 144 Å². The minimum Gasteiger partial charge on any atom is -0.378 e. The third-order valence-electron chi connectivity index (χ3n) is 5.18. The van der Waals surface area contributed by atoms with Gasteiger partial charge in [0.05, 0.1) is 5.69 Å². The predicted molar refractivity (Wildman–Crippen MR) is 146 cm³/mol. The van der Waals surface area contributed by atoms with E-state index >= 15 is 0 Å². The lowest BCUT2D eigenvalue weighted by Crippen LogP contribution is -2.07. The topological polar surface area (TPSA) is 19.4 Å². The SMILES string of the molecule is CN(C)c1ccc(C=Cc2ccnc(C=Cc3ccc(N(C)C)cc3)c2CCI)cc1. The average Bonchev–Trinajstić information content (AvgIpc) is 2.78. The number of pyridine rings is 1. The molecule has 0 fully saturated rings. The van der Waals surface area contributed by atoms with E-state index in [1.165, 1.54) is 33.6 Å². The summed E-state index contributed by atoms with van der Waals surface area (Å²) in [5, 5.41) is 0. The van der Waals surface area contributed by atoms with E-state index < -0.39 is 0 Å². The van der Waals surface area contributed by atoms with Crippen molar-refractivity contribution in [1.82, 2.24) is 4.98 Å². The summed E-state index contributed by atoms with van der Waals surface area (Å²) in [5.74, 6) is 0. The zero-order valence-corrected chi connectivity index (χ0v) is 20.9. The second kappa shape index (κ2) is 11.1. The van der Waals surface area contributed by atoms with Crippen molar-refractivity contribution in [3.8, 4) is 0 Å². The predicted octanol–water partition coefficient (Wildman–Crippen LogP) is 6.53. The Kier molecular flexibility index (Phi) is 8.29. The lowest BCUT2D eigenvalue weighted by Gasteiger charge is -2.12. The molecule has 0 bridgehead atoms. The molecule has 160 valence electrons. The lowest BCUT2D eigenvalue weighted by atomic mass is 10.0. The fourth-order valence-electron chi connectivity index (χ4n) is 3.32. The molecule has 1 aromatic heterocycles. The Balaban J connectivity index is 1.84. The van der Waals surface area contributed by atoms with Crippen LogP contribution in [0.4, 0.5) is 11.4 Å². The molecular weight excluding hydrogens is 493 g/mol. The molecule has 1 heterocycles. The summed E-state index contributed by atoms with van der Waals surface area (Å²) in [6.07, 6.45) is 11.6. The molecule has 0 radical (unpaired) electrons. The molecule has 0 unspecified atom stereocenters. The van der Waals surface area contributed by atoms with Crippen molar-refractivity contribution in [1.29, 1.82) is 0 Å². The van der Waals surface area contributed by atoms with Crippen LogP contribution in [-0.4, -0.2) is 37.6 Å². The van der Waals surface area contributed by atoms with Gasteiger partial charge in [-0.25, -0.2) is 0 Å². The molecule has 0 spiro atoms. The van der Waals surface area contributed by atoms with Crippen LogP contribution in [0.1, 0.15) is 27.9 Å². The molecule has 3 aromatic rings. The Morgan fingerprint density at radius 3 is 1.71 bits per heavy atom. The molecule has 0 N–H and O–H groups in total. The van der Waals surface area contributed by atoms with Gasteiger partial charge in [0.25, 0.3) is 0 Å². The summed E-state index contributed by atoms with van der Waals surface area (Å²) in [7, 11) is 8.23. The van der Waals surface area contributed by atoms with Gasteiger partial charge in [-0.1, -0.05) is 65.1 Å². The molecule has 0 aliphatic heterocycles. The van der Waals surface area contributed by atoms with E-state index in [0.717, 1.165) is 16.5 Å². The van der Waals surface area contributed by atoms with E-state index in [1.807, 2.05) is 6.20 Å². The number of rotatable bonds is 8. The Morgan fingerprint density at radius 2 is 1.23 bits per heavy atom. The van der Waals surface area contributed by atoms with Crippen molar-refractivity contribution < 1.29 is 0 Å². The van der Waals surface area contributed by atoms with Crippen molar-refractivity contribution in [3.05, 3.63) is 88.7 Å². The third-order valence-corrected chi connectivity index (χ3v) is 5.72. The van der Waals surface area contributed by atoms with Crippen LogP contribution in [0.2, 0.25) is 0 Å². The van der Waals surface area contributed by atoms with E-state index in [9.17, 15) is 0 Å². The molecule has 0 aliphatic rings. The van der Waals surface area contributed by atoms with E-state index in [1.54, 1.807) is 0 Å². The summed E-state index contributed by atoms with van der Waals surface area (Å²) in [5.41, 5.74) is 8.34. The molecule has 0 saturated carbocycles. The number of nitrogens with zero attached hydrogens (tertiary/aromatic N) is 3. The maximum absolute atomic E-state index is 4.67. The van der Waals surface area contributed by atoms with Crippen LogP contribution in [0.15, 0.2) is 60.8 Å². The van der Waals surface area contributed by atoms with Gasteiger partial charge in [0.1, 0.15) is 0 Å². The van der Waals surface area contributed by atoms with Crippen LogP contribution in [0, 0.1) is 0 Å². The summed E-state index contributed by atoms with van der Waals surface area (Å²) < 4.78 is 1.06. The molecule has 0 amide bonds. The molecule has 3 rings (SSSR count). The summed E-state index contributed by atoms with van der Waals surface area (Å²) in [4.78, 5) is 8.89. The second-order valence-corrected chi connectivity index (χ2v) is 8.92. The minimum atomic E-state index is 0.993. The Morgan fingerprint density at radius 1 is 0.710 bits per heavy atom. The first-order valence-electron chi connectivity index (χ1n) is 10.4. The Bertz CT molecular complexity index is 953. The summed E-state index contributed by atoms with van der Waals surface area (Å²) >= 11 is 2.44. The molecule has 31 heavy (non-hydrogen) atoms. The van der Waals surface area contributed by atoms with Gasteiger partial charge in [0.2, 0.25) is 0 Å². The van der Waals surface area contributed by atoms with Crippen molar-refractivity contribution in [2.45, 2.75) is 6.42 Å². The number of benzene rings is 2. The highest BCUT2D eigenvalue weighted by Crippen LogP contribution is 2.21. The standard InChI is InChI=1S/C27H30IN3/c1-30(2)24-12-6-21(7-13-24)5-11-23-18-20-29-27(26(23)17-19-28)16-10-22-8-14-25(15-9-22)31(3)4/h5-16,18,20H,17,19H2,1-4H3. The number of anilines is 2.